The van der Waals surface area contributed by atoms with E-state index in [1.54, 1.807) is 25.2 Å². The number of aryl methyl sites for hydroxylation is 1. The molecule has 1 aromatic carbocycles. The van der Waals surface area contributed by atoms with Gasteiger partial charge >= 0.3 is 0 Å². The van der Waals surface area contributed by atoms with Gasteiger partial charge in [0.2, 0.25) is 0 Å². The third kappa shape index (κ3) is 2.72. The maximum absolute atomic E-state index is 5.26. The fourth-order valence-corrected chi connectivity index (χ4v) is 6.67. The average Bonchev–Trinajstić information content (AvgIpc) is 3.47. The van der Waals surface area contributed by atoms with E-state index in [1.165, 1.54) is 32.6 Å². The summed E-state index contributed by atoms with van der Waals surface area (Å²) in [6.07, 6.45) is 5.06. The Balaban J connectivity index is 1.49. The van der Waals surface area contributed by atoms with E-state index in [9.17, 15) is 0 Å². The maximum Gasteiger partial charge on any atom is 0.260 e. The summed E-state index contributed by atoms with van der Waals surface area (Å²) in [4.78, 5) is 7.23. The van der Waals surface area contributed by atoms with Crippen molar-refractivity contribution in [3.63, 3.8) is 0 Å². The second-order valence-electron chi connectivity index (χ2n) is 7.78. The van der Waals surface area contributed by atoms with Crippen molar-refractivity contribution in [3.05, 3.63) is 46.6 Å². The van der Waals surface area contributed by atoms with E-state index < -0.39 is 0 Å². The zero-order valence-corrected chi connectivity index (χ0v) is 18.3. The molecule has 4 heterocycles. The van der Waals surface area contributed by atoms with Crippen LogP contribution in [0.3, 0.4) is 0 Å². The summed E-state index contributed by atoms with van der Waals surface area (Å²) in [7, 11) is 1.68. The molecule has 4 aromatic heterocycles. The minimum atomic E-state index is 0.721. The number of rotatable bonds is 4. The number of hydrogen-bond donors (Lipinski definition) is 0. The molecule has 0 aliphatic heterocycles. The van der Waals surface area contributed by atoms with Crippen LogP contribution in [0.15, 0.2) is 35.7 Å². The summed E-state index contributed by atoms with van der Waals surface area (Å²) >= 11 is 3.56. The number of aromatic nitrogens is 6. The normalized spacial score (nSPS) is 16.5. The average molecular weight is 437 g/mol. The molecule has 0 fully saturated rings. The highest BCUT2D eigenvalue weighted by molar-refractivity contribution is 7.98. The molecule has 0 saturated heterocycles. The number of thiophene rings is 1. The summed E-state index contributed by atoms with van der Waals surface area (Å²) in [6, 6.07) is 8.16. The van der Waals surface area contributed by atoms with E-state index in [4.69, 9.17) is 4.74 Å². The molecular weight excluding hydrogens is 416 g/mol. The Morgan fingerprint density at radius 2 is 2.10 bits per heavy atom. The Morgan fingerprint density at radius 3 is 2.93 bits per heavy atom. The first-order valence-corrected chi connectivity index (χ1v) is 11.8. The minimum Gasteiger partial charge on any atom is -0.497 e. The van der Waals surface area contributed by atoms with Crippen molar-refractivity contribution < 1.29 is 4.74 Å². The molecule has 30 heavy (non-hydrogen) atoms. The number of methoxy groups -OCH3 is 1. The van der Waals surface area contributed by atoms with Crippen LogP contribution in [0.25, 0.3) is 21.6 Å². The summed E-state index contributed by atoms with van der Waals surface area (Å²) in [5.74, 6) is 3.12. The number of hydrogen-bond acceptors (Lipinski definition) is 7. The van der Waals surface area contributed by atoms with Gasteiger partial charge in [0.15, 0.2) is 10.8 Å². The van der Waals surface area contributed by atoms with Crippen LogP contribution in [0.5, 0.6) is 5.75 Å². The van der Waals surface area contributed by atoms with Crippen molar-refractivity contribution in [1.82, 2.24) is 29.2 Å². The third-order valence-corrected chi connectivity index (χ3v) is 8.04. The highest BCUT2D eigenvalue weighted by Crippen LogP contribution is 2.41. The van der Waals surface area contributed by atoms with Gasteiger partial charge in [-0.05, 0) is 48.4 Å². The largest absolute Gasteiger partial charge is 0.497 e. The van der Waals surface area contributed by atoms with Gasteiger partial charge in [-0.2, -0.15) is 9.61 Å². The van der Waals surface area contributed by atoms with Crippen LogP contribution in [0.2, 0.25) is 0 Å². The number of thioether (sulfide) groups is 1. The van der Waals surface area contributed by atoms with Gasteiger partial charge in [-0.15, -0.1) is 21.5 Å². The van der Waals surface area contributed by atoms with Crippen molar-refractivity contribution in [2.45, 2.75) is 37.1 Å². The third-order valence-electron chi connectivity index (χ3n) is 5.80. The lowest BCUT2D eigenvalue weighted by molar-refractivity contribution is 0.414. The molecule has 1 aliphatic carbocycles. The van der Waals surface area contributed by atoms with Crippen LogP contribution in [0.1, 0.15) is 29.3 Å². The van der Waals surface area contributed by atoms with Gasteiger partial charge in [0.1, 0.15) is 16.9 Å². The van der Waals surface area contributed by atoms with Crippen LogP contribution in [0, 0.1) is 5.92 Å². The Kier molecular flexibility index (Phi) is 4.21. The second-order valence-corrected chi connectivity index (χ2v) is 9.81. The topological polar surface area (TPSA) is 69.6 Å². The van der Waals surface area contributed by atoms with Crippen LogP contribution < -0.4 is 4.74 Å². The summed E-state index contributed by atoms with van der Waals surface area (Å²) in [5.41, 5.74) is 3.55. The molecule has 0 N–H and O–H groups in total. The second kappa shape index (κ2) is 6.95. The Labute approximate surface area is 181 Å². The summed E-state index contributed by atoms with van der Waals surface area (Å²) in [5, 5.41) is 15.5. The first-order chi connectivity index (χ1) is 14.7. The van der Waals surface area contributed by atoms with E-state index in [1.807, 2.05) is 28.0 Å². The molecule has 0 saturated carbocycles. The molecule has 6 rings (SSSR count). The SMILES string of the molecule is COc1ccc(CSc2nnc3n4ncnc4c4c5c(sc4n23)CC(C)CC5)cc1. The molecule has 9 heteroatoms. The zero-order valence-electron chi connectivity index (χ0n) is 16.7. The monoisotopic (exact) mass is 436 g/mol. The van der Waals surface area contributed by atoms with Gasteiger partial charge in [-0.3, -0.25) is 0 Å². The lowest BCUT2D eigenvalue weighted by atomic mass is 9.89. The molecule has 0 amide bonds. The lowest BCUT2D eigenvalue weighted by Gasteiger charge is -2.17. The molecule has 5 aromatic rings. The van der Waals surface area contributed by atoms with E-state index in [0.717, 1.165) is 46.8 Å². The fourth-order valence-electron chi connectivity index (χ4n) is 4.22. The minimum absolute atomic E-state index is 0.721. The van der Waals surface area contributed by atoms with Gasteiger partial charge in [-0.1, -0.05) is 30.8 Å². The van der Waals surface area contributed by atoms with Crippen LogP contribution in [-0.2, 0) is 18.6 Å². The van der Waals surface area contributed by atoms with Gasteiger partial charge in [0.25, 0.3) is 5.78 Å². The fraction of sp³-hybridized carbons (Fsp3) is 0.333. The number of fused-ring (bicyclic) bond motifs is 8. The number of benzene rings is 1. The van der Waals surface area contributed by atoms with Crippen LogP contribution in [-0.4, -0.2) is 36.3 Å². The lowest BCUT2D eigenvalue weighted by Crippen LogP contribution is -2.08. The first-order valence-electron chi connectivity index (χ1n) is 9.99. The highest BCUT2D eigenvalue weighted by atomic mass is 32.2. The number of nitrogens with zero attached hydrogens (tertiary/aromatic N) is 6. The van der Waals surface area contributed by atoms with E-state index in [0.29, 0.717) is 0 Å². The summed E-state index contributed by atoms with van der Waals surface area (Å²) < 4.78 is 9.26. The standard InChI is InChI=1S/C21H20N6OS2/c1-12-3-8-15-16(9-12)30-19-17(15)18-22-11-23-27(18)20-24-25-21(26(19)20)29-10-13-4-6-14(28-2)7-5-13/h4-7,11-12H,3,8-10H2,1-2H3. The quantitative estimate of drug-likeness (QED) is 0.389. The van der Waals surface area contributed by atoms with Crippen molar-refractivity contribution in [1.29, 1.82) is 0 Å². The van der Waals surface area contributed by atoms with E-state index >= 15 is 0 Å². The highest BCUT2D eigenvalue weighted by Gasteiger charge is 2.26. The van der Waals surface area contributed by atoms with Crippen molar-refractivity contribution in [3.8, 4) is 5.75 Å². The van der Waals surface area contributed by atoms with Crippen LogP contribution >= 0.6 is 23.1 Å². The molecule has 1 unspecified atom stereocenters. The van der Waals surface area contributed by atoms with Gasteiger partial charge in [0.05, 0.1) is 12.5 Å². The molecule has 7 nitrogen and oxygen atoms in total. The van der Waals surface area contributed by atoms with Gasteiger partial charge in [-0.25, -0.2) is 9.38 Å². The number of ether oxygens (including phenoxy) is 1. The molecule has 152 valence electrons. The van der Waals surface area contributed by atoms with Crippen molar-refractivity contribution in [2.24, 2.45) is 5.92 Å². The van der Waals surface area contributed by atoms with Crippen molar-refractivity contribution in [2.75, 3.05) is 7.11 Å². The summed E-state index contributed by atoms with van der Waals surface area (Å²) in [6.45, 7) is 2.34. The first kappa shape index (κ1) is 18.1. The van der Waals surface area contributed by atoms with Gasteiger partial charge in [0, 0.05) is 10.6 Å². The maximum atomic E-state index is 5.26. The molecule has 1 aliphatic rings. The molecular formula is C21H20N6OS2. The Hall–Kier alpha value is -2.65. The molecule has 0 bridgehead atoms. The Morgan fingerprint density at radius 1 is 1.23 bits per heavy atom. The zero-order chi connectivity index (χ0) is 20.2. The molecule has 0 spiro atoms. The predicted molar refractivity (Wildman–Crippen MR) is 119 cm³/mol. The predicted octanol–water partition coefficient (Wildman–Crippen LogP) is 4.41. The van der Waals surface area contributed by atoms with Gasteiger partial charge < -0.3 is 4.74 Å². The molecule has 0 radical (unpaired) electrons. The van der Waals surface area contributed by atoms with Crippen LogP contribution in [0.4, 0.5) is 0 Å². The smallest absolute Gasteiger partial charge is 0.260 e. The Bertz CT molecular complexity index is 1380. The van der Waals surface area contributed by atoms with E-state index in [2.05, 4.69) is 43.7 Å². The van der Waals surface area contributed by atoms with E-state index in [-0.39, 0.29) is 0 Å². The molecule has 1 atom stereocenters. The van der Waals surface area contributed by atoms with Crippen molar-refractivity contribution >= 4 is 44.7 Å².